The average molecular weight is 450 g/mol. The molecule has 1 heterocycles. The van der Waals surface area contributed by atoms with Gasteiger partial charge in [-0.2, -0.15) is 0 Å². The van der Waals surface area contributed by atoms with Gasteiger partial charge in [0.05, 0.1) is 9.96 Å². The number of thioether (sulfide) groups is 1. The Balaban J connectivity index is 1.61. The number of aryl methyl sites for hydroxylation is 1. The molecule has 3 aromatic rings. The van der Waals surface area contributed by atoms with E-state index in [9.17, 15) is 4.79 Å². The number of amides is 1. The molecule has 146 valence electrons. The van der Waals surface area contributed by atoms with Gasteiger partial charge in [0, 0.05) is 22.5 Å². The van der Waals surface area contributed by atoms with Gasteiger partial charge in [0.25, 0.3) is 0 Å². The molecule has 0 bridgehead atoms. The predicted molar refractivity (Wildman–Crippen MR) is 122 cm³/mol. The molecule has 0 radical (unpaired) electrons. The Hall–Kier alpha value is -1.46. The lowest BCUT2D eigenvalue weighted by Gasteiger charge is -2.19. The molecule has 2 aromatic carbocycles. The van der Waals surface area contributed by atoms with E-state index in [1.165, 1.54) is 15.3 Å². The third-order valence-electron chi connectivity index (χ3n) is 4.33. The quantitative estimate of drug-likeness (QED) is 0.392. The van der Waals surface area contributed by atoms with Crippen LogP contribution in [-0.2, 0) is 11.2 Å². The third-order valence-corrected chi connectivity index (χ3v) is 7.13. The second-order valence-electron chi connectivity index (χ2n) is 6.61. The van der Waals surface area contributed by atoms with Gasteiger partial charge in [0.2, 0.25) is 5.91 Å². The summed E-state index contributed by atoms with van der Waals surface area (Å²) in [7, 11) is 0. The molecule has 0 fully saturated rings. The van der Waals surface area contributed by atoms with E-state index in [0.29, 0.717) is 17.3 Å². The van der Waals surface area contributed by atoms with Crippen molar-refractivity contribution in [2.75, 3.05) is 12.3 Å². The summed E-state index contributed by atoms with van der Waals surface area (Å²) < 4.78 is 1.17. The van der Waals surface area contributed by atoms with Crippen molar-refractivity contribution in [2.45, 2.75) is 23.5 Å². The fourth-order valence-corrected chi connectivity index (χ4v) is 4.97. The number of benzene rings is 2. The lowest BCUT2D eigenvalue weighted by Crippen LogP contribution is -2.30. The van der Waals surface area contributed by atoms with Crippen LogP contribution in [0, 0.1) is 6.92 Å². The van der Waals surface area contributed by atoms with Gasteiger partial charge in [0.1, 0.15) is 0 Å². The number of carbonyl (C=O) groups excluding carboxylic acids is 1. The summed E-state index contributed by atoms with van der Waals surface area (Å²) in [6.07, 6.45) is 0.816. The van der Waals surface area contributed by atoms with Gasteiger partial charge in [-0.25, -0.2) is 0 Å². The van der Waals surface area contributed by atoms with Gasteiger partial charge < -0.3 is 5.32 Å². The topological polar surface area (TPSA) is 29.1 Å². The zero-order chi connectivity index (χ0) is 19.9. The maximum absolute atomic E-state index is 12.3. The van der Waals surface area contributed by atoms with Crippen molar-refractivity contribution >= 4 is 52.2 Å². The molecule has 1 atom stereocenters. The molecule has 0 aliphatic carbocycles. The largest absolute Gasteiger partial charge is 0.355 e. The highest BCUT2D eigenvalue weighted by molar-refractivity contribution is 8.01. The molecule has 0 saturated heterocycles. The van der Waals surface area contributed by atoms with Crippen LogP contribution < -0.4 is 5.32 Å². The summed E-state index contributed by atoms with van der Waals surface area (Å²) in [5.41, 5.74) is 3.57. The number of rotatable bonds is 8. The fourth-order valence-electron chi connectivity index (χ4n) is 2.85. The third kappa shape index (κ3) is 6.56. The molecule has 0 saturated carbocycles. The van der Waals surface area contributed by atoms with E-state index in [1.807, 2.05) is 48.5 Å². The second-order valence-corrected chi connectivity index (χ2v) is 9.67. The zero-order valence-electron chi connectivity index (χ0n) is 15.5. The first-order chi connectivity index (χ1) is 13.5. The van der Waals surface area contributed by atoms with Crippen LogP contribution >= 0.6 is 46.3 Å². The lowest BCUT2D eigenvalue weighted by atomic mass is 9.92. The maximum atomic E-state index is 12.3. The Kier molecular flexibility index (Phi) is 7.86. The van der Waals surface area contributed by atoms with Crippen molar-refractivity contribution in [1.82, 2.24) is 5.32 Å². The molecule has 28 heavy (non-hydrogen) atoms. The predicted octanol–water partition coefficient (Wildman–Crippen LogP) is 6.60. The fraction of sp³-hybridized carbons (Fsp3) is 0.227. The van der Waals surface area contributed by atoms with Gasteiger partial charge in [-0.15, -0.1) is 23.1 Å². The highest BCUT2D eigenvalue weighted by Crippen LogP contribution is 2.26. The van der Waals surface area contributed by atoms with Crippen molar-refractivity contribution in [2.24, 2.45) is 0 Å². The van der Waals surface area contributed by atoms with Crippen LogP contribution in [0.1, 0.15) is 22.6 Å². The van der Waals surface area contributed by atoms with E-state index in [4.69, 9.17) is 23.2 Å². The van der Waals surface area contributed by atoms with Crippen LogP contribution in [0.4, 0.5) is 0 Å². The molecule has 0 aliphatic heterocycles. The number of nitrogens with one attached hydrogen (secondary N) is 1. The minimum absolute atomic E-state index is 0.0473. The van der Waals surface area contributed by atoms with E-state index in [0.717, 1.165) is 17.0 Å². The molecule has 3 rings (SSSR count). The van der Waals surface area contributed by atoms with Crippen LogP contribution in [0.2, 0.25) is 10.0 Å². The summed E-state index contributed by atoms with van der Waals surface area (Å²) in [5, 5.41) is 6.62. The summed E-state index contributed by atoms with van der Waals surface area (Å²) in [6.45, 7) is 2.64. The van der Waals surface area contributed by atoms with E-state index in [2.05, 4.69) is 23.7 Å². The Labute approximate surface area is 184 Å². The summed E-state index contributed by atoms with van der Waals surface area (Å²) in [5.74, 6) is 0.635. The lowest BCUT2D eigenvalue weighted by molar-refractivity contribution is -0.118. The van der Waals surface area contributed by atoms with Gasteiger partial charge in [-0.1, -0.05) is 47.5 Å². The van der Waals surface area contributed by atoms with Crippen LogP contribution in [0.3, 0.4) is 0 Å². The van der Waals surface area contributed by atoms with Gasteiger partial charge in [-0.3, -0.25) is 4.79 Å². The normalized spacial score (nSPS) is 12.0. The van der Waals surface area contributed by atoms with Crippen molar-refractivity contribution in [3.63, 3.8) is 0 Å². The first-order valence-electron chi connectivity index (χ1n) is 8.94. The van der Waals surface area contributed by atoms with E-state index in [1.54, 1.807) is 23.1 Å². The number of carbonyl (C=O) groups is 1. The molecular weight excluding hydrogens is 429 g/mol. The summed E-state index contributed by atoms with van der Waals surface area (Å²) in [6, 6.07) is 17.8. The number of thiophene rings is 1. The standard InChI is InChI=1S/C22H21Cl2NOS2/c1-15-10-22(27-13-15)28-14-21(26)25-12-18(17-4-8-20(24)9-5-17)11-16-2-6-19(23)7-3-16/h2-10,13,18H,11-12,14H2,1H3,(H,25,26)/t18-/m0/s1. The van der Waals surface area contributed by atoms with Crippen molar-refractivity contribution in [3.8, 4) is 0 Å². The number of hydrogen-bond donors (Lipinski definition) is 1. The van der Waals surface area contributed by atoms with Crippen molar-refractivity contribution < 1.29 is 4.79 Å². The van der Waals surface area contributed by atoms with Crippen LogP contribution in [-0.4, -0.2) is 18.2 Å². The molecule has 0 spiro atoms. The zero-order valence-corrected chi connectivity index (χ0v) is 18.6. The molecular formula is C22H21Cl2NOS2. The van der Waals surface area contributed by atoms with E-state index in [-0.39, 0.29) is 11.8 Å². The van der Waals surface area contributed by atoms with E-state index < -0.39 is 0 Å². The Morgan fingerprint density at radius 1 is 1.07 bits per heavy atom. The SMILES string of the molecule is Cc1csc(SCC(=O)NC[C@H](Cc2ccc(Cl)cc2)c2ccc(Cl)cc2)c1. The average Bonchev–Trinajstić information content (AvgIpc) is 3.11. The van der Waals surface area contributed by atoms with Gasteiger partial charge in [0.15, 0.2) is 0 Å². The van der Waals surface area contributed by atoms with Crippen LogP contribution in [0.25, 0.3) is 0 Å². The van der Waals surface area contributed by atoms with Crippen molar-refractivity contribution in [1.29, 1.82) is 0 Å². The summed E-state index contributed by atoms with van der Waals surface area (Å²) >= 11 is 15.3. The Morgan fingerprint density at radius 3 is 2.32 bits per heavy atom. The smallest absolute Gasteiger partial charge is 0.230 e. The Morgan fingerprint density at radius 2 is 1.71 bits per heavy atom. The molecule has 6 heteroatoms. The second kappa shape index (κ2) is 10.4. The van der Waals surface area contributed by atoms with Crippen molar-refractivity contribution in [3.05, 3.63) is 86.7 Å². The van der Waals surface area contributed by atoms with Gasteiger partial charge >= 0.3 is 0 Å². The molecule has 1 N–H and O–H groups in total. The maximum Gasteiger partial charge on any atom is 0.230 e. The molecule has 1 amide bonds. The molecule has 1 aromatic heterocycles. The first kappa shape index (κ1) is 21.3. The van der Waals surface area contributed by atoms with Crippen LogP contribution in [0.15, 0.2) is 64.2 Å². The molecule has 0 aliphatic rings. The summed E-state index contributed by atoms with van der Waals surface area (Å²) in [4.78, 5) is 12.3. The highest BCUT2D eigenvalue weighted by atomic mass is 35.5. The minimum Gasteiger partial charge on any atom is -0.355 e. The Bertz CT molecular complexity index is 907. The first-order valence-corrected chi connectivity index (χ1v) is 11.6. The molecule has 2 nitrogen and oxygen atoms in total. The number of hydrogen-bond acceptors (Lipinski definition) is 3. The highest BCUT2D eigenvalue weighted by Gasteiger charge is 2.15. The molecule has 0 unspecified atom stereocenters. The number of halogens is 2. The van der Waals surface area contributed by atoms with E-state index >= 15 is 0 Å². The monoisotopic (exact) mass is 449 g/mol. The minimum atomic E-state index is 0.0473. The van der Waals surface area contributed by atoms with Gasteiger partial charge in [-0.05, 0) is 65.7 Å². The van der Waals surface area contributed by atoms with Crippen LogP contribution in [0.5, 0.6) is 0 Å².